The Morgan fingerprint density at radius 2 is 1.77 bits per heavy atom. The lowest BCUT2D eigenvalue weighted by molar-refractivity contribution is 0.0748. The van der Waals surface area contributed by atoms with Gasteiger partial charge in [-0.15, -0.1) is 0 Å². The van der Waals surface area contributed by atoms with Crippen LogP contribution in [0, 0.1) is 0 Å². The molecule has 0 saturated carbocycles. The van der Waals surface area contributed by atoms with Crippen LogP contribution in [0.1, 0.15) is 55.7 Å². The first-order valence-corrected chi connectivity index (χ1v) is 11.0. The number of carbonyl (C=O) groups excluding carboxylic acids is 1. The highest BCUT2D eigenvalue weighted by molar-refractivity contribution is 6.05. The molecule has 0 bridgehead atoms. The minimum atomic E-state index is 0.0530. The topological polar surface area (TPSA) is 63.5 Å². The van der Waals surface area contributed by atoms with Crippen molar-refractivity contribution in [3.05, 3.63) is 47.8 Å². The molecule has 3 heterocycles. The van der Waals surface area contributed by atoms with Crippen molar-refractivity contribution >= 4 is 22.6 Å². The monoisotopic (exact) mass is 421 g/mol. The molecule has 1 aromatic carbocycles. The highest BCUT2D eigenvalue weighted by atomic mass is 16.5. The fourth-order valence-electron chi connectivity index (χ4n) is 4.10. The summed E-state index contributed by atoms with van der Waals surface area (Å²) in [6.45, 7) is 11.2. The van der Waals surface area contributed by atoms with Gasteiger partial charge in [0.15, 0.2) is 5.65 Å². The predicted molar refractivity (Wildman–Crippen MR) is 123 cm³/mol. The predicted octanol–water partition coefficient (Wildman–Crippen LogP) is 4.11. The maximum Gasteiger partial charge on any atom is 0.254 e. The van der Waals surface area contributed by atoms with Gasteiger partial charge in [-0.2, -0.15) is 5.10 Å². The Kier molecular flexibility index (Phi) is 5.85. The van der Waals surface area contributed by atoms with Crippen LogP contribution in [0.5, 0.6) is 5.75 Å². The van der Waals surface area contributed by atoms with Crippen molar-refractivity contribution in [3.8, 4) is 5.75 Å². The second-order valence-electron chi connectivity index (χ2n) is 8.62. The third kappa shape index (κ3) is 3.96. The molecule has 0 N–H and O–H groups in total. The SMILES string of the molecule is COc1ccccc1N1CCN(C(=O)c2cc(C(C)C)nc3c2cnn3C(C)C)CC1. The lowest BCUT2D eigenvalue weighted by Gasteiger charge is -2.36. The number of piperazine rings is 1. The van der Waals surface area contributed by atoms with Crippen LogP contribution in [0.25, 0.3) is 11.0 Å². The van der Waals surface area contributed by atoms with E-state index >= 15 is 0 Å². The van der Waals surface area contributed by atoms with Crippen LogP contribution in [0.2, 0.25) is 0 Å². The van der Waals surface area contributed by atoms with Gasteiger partial charge in [-0.25, -0.2) is 9.67 Å². The molecule has 0 unspecified atom stereocenters. The molecule has 1 amide bonds. The van der Waals surface area contributed by atoms with Crippen LogP contribution in [-0.4, -0.2) is 58.9 Å². The number of ether oxygens (including phenoxy) is 1. The molecule has 0 atom stereocenters. The third-order valence-electron chi connectivity index (χ3n) is 5.89. The first-order valence-electron chi connectivity index (χ1n) is 11.0. The van der Waals surface area contributed by atoms with E-state index in [1.165, 1.54) is 0 Å². The Hall–Kier alpha value is -3.09. The van der Waals surface area contributed by atoms with Crippen molar-refractivity contribution in [3.63, 3.8) is 0 Å². The van der Waals surface area contributed by atoms with Crippen molar-refractivity contribution < 1.29 is 9.53 Å². The fourth-order valence-corrected chi connectivity index (χ4v) is 4.10. The molecule has 7 heteroatoms. The van der Waals surface area contributed by atoms with Crippen LogP contribution in [0.3, 0.4) is 0 Å². The molecule has 31 heavy (non-hydrogen) atoms. The molecule has 1 fully saturated rings. The van der Waals surface area contributed by atoms with Gasteiger partial charge in [0.05, 0.1) is 29.9 Å². The van der Waals surface area contributed by atoms with Gasteiger partial charge in [0, 0.05) is 37.9 Å². The van der Waals surface area contributed by atoms with Gasteiger partial charge in [0.25, 0.3) is 5.91 Å². The first kappa shape index (κ1) is 21.2. The molecular formula is C24H31N5O2. The number of amides is 1. The summed E-state index contributed by atoms with van der Waals surface area (Å²) in [6, 6.07) is 10.2. The molecule has 2 aromatic heterocycles. The van der Waals surface area contributed by atoms with Gasteiger partial charge in [-0.1, -0.05) is 26.0 Å². The summed E-state index contributed by atoms with van der Waals surface area (Å²) >= 11 is 0. The van der Waals surface area contributed by atoms with Gasteiger partial charge >= 0.3 is 0 Å². The summed E-state index contributed by atoms with van der Waals surface area (Å²) in [6.07, 6.45) is 1.78. The third-order valence-corrected chi connectivity index (χ3v) is 5.89. The Labute approximate surface area is 183 Å². The summed E-state index contributed by atoms with van der Waals surface area (Å²) in [7, 11) is 1.69. The van der Waals surface area contributed by atoms with E-state index in [1.807, 2.05) is 33.8 Å². The zero-order valence-corrected chi connectivity index (χ0v) is 19.0. The maximum atomic E-state index is 13.6. The summed E-state index contributed by atoms with van der Waals surface area (Å²) in [5.74, 6) is 1.15. The zero-order valence-electron chi connectivity index (χ0n) is 19.0. The number of methoxy groups -OCH3 is 1. The summed E-state index contributed by atoms with van der Waals surface area (Å²) in [4.78, 5) is 22.6. The molecule has 1 saturated heterocycles. The number of nitrogens with zero attached hydrogens (tertiary/aromatic N) is 5. The molecule has 164 valence electrons. The maximum absolute atomic E-state index is 13.6. The number of hydrogen-bond acceptors (Lipinski definition) is 5. The van der Waals surface area contributed by atoms with Crippen molar-refractivity contribution in [1.82, 2.24) is 19.7 Å². The van der Waals surface area contributed by atoms with E-state index in [4.69, 9.17) is 9.72 Å². The number of fused-ring (bicyclic) bond motifs is 1. The lowest BCUT2D eigenvalue weighted by Crippen LogP contribution is -2.49. The molecule has 0 radical (unpaired) electrons. The van der Waals surface area contributed by atoms with Crippen LogP contribution in [-0.2, 0) is 0 Å². The highest BCUT2D eigenvalue weighted by Crippen LogP contribution is 2.29. The van der Waals surface area contributed by atoms with Gasteiger partial charge in [0.1, 0.15) is 5.75 Å². The normalized spacial score (nSPS) is 14.7. The second-order valence-corrected chi connectivity index (χ2v) is 8.62. The Morgan fingerprint density at radius 1 is 1.06 bits per heavy atom. The van der Waals surface area contributed by atoms with Crippen molar-refractivity contribution in [2.24, 2.45) is 0 Å². The largest absolute Gasteiger partial charge is 0.495 e. The molecule has 3 aromatic rings. The number of pyridine rings is 1. The van der Waals surface area contributed by atoms with E-state index < -0.39 is 0 Å². The molecule has 7 nitrogen and oxygen atoms in total. The van der Waals surface area contributed by atoms with Crippen LogP contribution < -0.4 is 9.64 Å². The number of carbonyl (C=O) groups is 1. The van der Waals surface area contributed by atoms with E-state index in [0.29, 0.717) is 18.7 Å². The zero-order chi connectivity index (χ0) is 22.1. The number of benzene rings is 1. The fraction of sp³-hybridized carbons (Fsp3) is 0.458. The average molecular weight is 422 g/mol. The minimum Gasteiger partial charge on any atom is -0.495 e. The minimum absolute atomic E-state index is 0.0530. The van der Waals surface area contributed by atoms with Crippen molar-refractivity contribution in [1.29, 1.82) is 0 Å². The number of hydrogen-bond donors (Lipinski definition) is 0. The Morgan fingerprint density at radius 3 is 2.42 bits per heavy atom. The molecule has 4 rings (SSSR count). The quantitative estimate of drug-likeness (QED) is 0.620. The molecule has 0 aliphatic carbocycles. The van der Waals surface area contributed by atoms with E-state index in [0.717, 1.165) is 41.3 Å². The van der Waals surface area contributed by atoms with Gasteiger partial charge in [-0.3, -0.25) is 4.79 Å². The summed E-state index contributed by atoms with van der Waals surface area (Å²) in [5, 5.41) is 5.34. The number of aromatic nitrogens is 3. The summed E-state index contributed by atoms with van der Waals surface area (Å²) in [5.41, 5.74) is 3.48. The molecule has 0 spiro atoms. The molecular weight excluding hydrogens is 390 g/mol. The van der Waals surface area contributed by atoms with Crippen LogP contribution in [0.15, 0.2) is 36.5 Å². The van der Waals surface area contributed by atoms with Crippen molar-refractivity contribution in [2.75, 3.05) is 38.2 Å². The number of para-hydroxylation sites is 2. The smallest absolute Gasteiger partial charge is 0.254 e. The van der Waals surface area contributed by atoms with Gasteiger partial charge < -0.3 is 14.5 Å². The van der Waals surface area contributed by atoms with Crippen LogP contribution in [0.4, 0.5) is 5.69 Å². The molecule has 1 aliphatic heterocycles. The van der Waals surface area contributed by atoms with E-state index in [1.54, 1.807) is 13.3 Å². The summed E-state index contributed by atoms with van der Waals surface area (Å²) < 4.78 is 7.41. The van der Waals surface area contributed by atoms with E-state index in [-0.39, 0.29) is 17.9 Å². The van der Waals surface area contributed by atoms with Gasteiger partial charge in [0.2, 0.25) is 0 Å². The number of anilines is 1. The first-order chi connectivity index (χ1) is 14.9. The Bertz CT molecular complexity index is 1080. The Balaban J connectivity index is 1.60. The number of rotatable bonds is 5. The van der Waals surface area contributed by atoms with Crippen LogP contribution >= 0.6 is 0 Å². The van der Waals surface area contributed by atoms with Gasteiger partial charge in [-0.05, 0) is 38.0 Å². The standard InChI is InChI=1S/C24H31N5O2/c1-16(2)20-14-18(19-15-25-29(17(3)4)23(19)26-20)24(30)28-12-10-27(11-13-28)21-8-6-7-9-22(21)31-5/h6-9,14-17H,10-13H2,1-5H3. The van der Waals surface area contributed by atoms with E-state index in [2.05, 4.69) is 43.8 Å². The highest BCUT2D eigenvalue weighted by Gasteiger charge is 2.27. The second kappa shape index (κ2) is 8.57. The molecule has 1 aliphatic rings. The van der Waals surface area contributed by atoms with Crippen molar-refractivity contribution in [2.45, 2.75) is 39.7 Å². The lowest BCUT2D eigenvalue weighted by atomic mass is 10.0. The van der Waals surface area contributed by atoms with E-state index in [9.17, 15) is 4.79 Å². The average Bonchev–Trinajstić information content (AvgIpc) is 3.22.